The van der Waals surface area contributed by atoms with Crippen LogP contribution in [0.4, 0.5) is 13.2 Å². The highest BCUT2D eigenvalue weighted by molar-refractivity contribution is 7.90. The molecule has 30 heavy (non-hydrogen) atoms. The number of benzene rings is 2. The van der Waals surface area contributed by atoms with Gasteiger partial charge in [-0.1, -0.05) is 30.4 Å². The Morgan fingerprint density at radius 3 is 2.37 bits per heavy atom. The first-order valence-electron chi connectivity index (χ1n) is 8.74. The van der Waals surface area contributed by atoms with Crippen molar-refractivity contribution >= 4 is 37.5 Å². The topological polar surface area (TPSA) is 77.7 Å². The number of fused-ring (bicyclic) bond motifs is 1. The monoisotopic (exact) mass is 458 g/mol. The number of methoxy groups -OCH3 is 1. The van der Waals surface area contributed by atoms with E-state index in [-0.39, 0.29) is 9.70 Å². The van der Waals surface area contributed by atoms with Crippen LogP contribution < -0.4 is 4.80 Å². The Labute approximate surface area is 174 Å². The molecule has 1 aromatic heterocycles. The first kappa shape index (κ1) is 22.0. The standard InChI is InChI=1S/C19H17F3N2O4S2/c1-3-14(17(25)28-2)24-15-6-4-5-7-16(15)29-18(24)23-30(26,27)13-10-8-12(9-11-13)19(20,21)22/h4-11,14H,3H2,1-2H3. The maximum absolute atomic E-state index is 12.8. The van der Waals surface area contributed by atoms with Crippen molar-refractivity contribution < 1.29 is 31.1 Å². The highest BCUT2D eigenvalue weighted by Crippen LogP contribution is 2.30. The van der Waals surface area contributed by atoms with Crippen LogP contribution in [-0.2, 0) is 25.7 Å². The molecule has 0 saturated heterocycles. The van der Waals surface area contributed by atoms with Gasteiger partial charge < -0.3 is 9.30 Å². The lowest BCUT2D eigenvalue weighted by Crippen LogP contribution is -2.28. The van der Waals surface area contributed by atoms with E-state index < -0.39 is 33.8 Å². The molecule has 6 nitrogen and oxygen atoms in total. The van der Waals surface area contributed by atoms with Crippen LogP contribution in [0.1, 0.15) is 24.9 Å². The van der Waals surface area contributed by atoms with Crippen molar-refractivity contribution in [1.82, 2.24) is 4.57 Å². The van der Waals surface area contributed by atoms with Gasteiger partial charge >= 0.3 is 12.1 Å². The van der Waals surface area contributed by atoms with Crippen LogP contribution in [0.3, 0.4) is 0 Å². The molecule has 0 N–H and O–H groups in total. The van der Waals surface area contributed by atoms with Gasteiger partial charge in [0, 0.05) is 0 Å². The highest BCUT2D eigenvalue weighted by atomic mass is 32.2. The van der Waals surface area contributed by atoms with E-state index in [2.05, 4.69) is 4.40 Å². The Balaban J connectivity index is 2.20. The Hall–Kier alpha value is -2.66. The van der Waals surface area contributed by atoms with Crippen molar-refractivity contribution in [3.63, 3.8) is 0 Å². The number of ether oxygens (including phenoxy) is 1. The summed E-state index contributed by atoms with van der Waals surface area (Å²) in [4.78, 5) is 11.9. The number of hydrogen-bond donors (Lipinski definition) is 0. The van der Waals surface area contributed by atoms with Crippen LogP contribution in [0.25, 0.3) is 10.2 Å². The molecule has 11 heteroatoms. The van der Waals surface area contributed by atoms with Crippen LogP contribution in [0, 0.1) is 0 Å². The second-order valence-electron chi connectivity index (χ2n) is 6.26. The first-order valence-corrected chi connectivity index (χ1v) is 11.0. The van der Waals surface area contributed by atoms with Gasteiger partial charge in [0.15, 0.2) is 0 Å². The predicted octanol–water partition coefficient (Wildman–Crippen LogP) is 4.14. The predicted molar refractivity (Wildman–Crippen MR) is 105 cm³/mol. The summed E-state index contributed by atoms with van der Waals surface area (Å²) >= 11 is 1.05. The zero-order chi connectivity index (χ0) is 22.1. The van der Waals surface area contributed by atoms with E-state index in [9.17, 15) is 26.4 Å². The number of aromatic nitrogens is 1. The van der Waals surface area contributed by atoms with Crippen molar-refractivity contribution in [3.05, 3.63) is 58.9 Å². The van der Waals surface area contributed by atoms with Crippen molar-refractivity contribution in [2.24, 2.45) is 4.40 Å². The number of esters is 1. The van der Waals surface area contributed by atoms with Gasteiger partial charge in [-0.05, 0) is 42.8 Å². The average Bonchev–Trinajstić information content (AvgIpc) is 3.05. The van der Waals surface area contributed by atoms with Crippen molar-refractivity contribution in [2.45, 2.75) is 30.5 Å². The van der Waals surface area contributed by atoms with E-state index in [1.165, 1.54) is 11.7 Å². The largest absolute Gasteiger partial charge is 0.467 e. The van der Waals surface area contributed by atoms with E-state index in [0.29, 0.717) is 28.8 Å². The van der Waals surface area contributed by atoms with Crippen LogP contribution in [0.5, 0.6) is 0 Å². The molecular formula is C19H17F3N2O4S2. The maximum Gasteiger partial charge on any atom is 0.416 e. The minimum atomic E-state index is -4.58. The second kappa shape index (κ2) is 8.23. The zero-order valence-electron chi connectivity index (χ0n) is 15.9. The van der Waals surface area contributed by atoms with Gasteiger partial charge in [-0.15, -0.1) is 4.40 Å². The SMILES string of the molecule is CCC(C(=O)OC)n1c(=NS(=O)(=O)c2ccc(C(F)(F)F)cc2)sc2ccccc21. The molecule has 160 valence electrons. The van der Waals surface area contributed by atoms with Gasteiger partial charge in [0.2, 0.25) is 4.80 Å². The number of hydrogen-bond acceptors (Lipinski definition) is 5. The lowest BCUT2D eigenvalue weighted by Gasteiger charge is -2.15. The Morgan fingerprint density at radius 2 is 1.80 bits per heavy atom. The third kappa shape index (κ3) is 4.26. The van der Waals surface area contributed by atoms with Crippen molar-refractivity contribution in [2.75, 3.05) is 7.11 Å². The van der Waals surface area contributed by atoms with Gasteiger partial charge in [0.1, 0.15) is 6.04 Å². The smallest absolute Gasteiger partial charge is 0.416 e. The fraction of sp³-hybridized carbons (Fsp3) is 0.263. The zero-order valence-corrected chi connectivity index (χ0v) is 17.5. The summed E-state index contributed by atoms with van der Waals surface area (Å²) in [5, 5.41) is 0. The molecule has 1 atom stereocenters. The normalized spacial score (nSPS) is 14.1. The molecule has 0 amide bonds. The highest BCUT2D eigenvalue weighted by Gasteiger charge is 2.31. The number of halogens is 3. The molecule has 3 rings (SSSR count). The minimum absolute atomic E-state index is 0.0216. The molecule has 2 aromatic carbocycles. The summed E-state index contributed by atoms with van der Waals surface area (Å²) in [6.07, 6.45) is -4.26. The molecule has 0 aliphatic carbocycles. The van der Waals surface area contributed by atoms with E-state index in [0.717, 1.165) is 23.5 Å². The number of nitrogens with zero attached hydrogens (tertiary/aromatic N) is 2. The number of carbonyl (C=O) groups excluding carboxylic acids is 1. The summed E-state index contributed by atoms with van der Waals surface area (Å²) in [6.45, 7) is 1.75. The maximum atomic E-state index is 12.8. The van der Waals surface area contributed by atoms with E-state index in [1.54, 1.807) is 31.2 Å². The fourth-order valence-electron chi connectivity index (χ4n) is 2.92. The molecule has 0 fully saturated rings. The molecule has 0 aliphatic heterocycles. The Bertz CT molecular complexity index is 1240. The van der Waals surface area contributed by atoms with Gasteiger partial charge in [-0.25, -0.2) is 4.79 Å². The second-order valence-corrected chi connectivity index (χ2v) is 8.87. The number of carbonyl (C=O) groups is 1. The summed E-state index contributed by atoms with van der Waals surface area (Å²) < 4.78 is 74.7. The first-order chi connectivity index (χ1) is 14.1. The van der Waals surface area contributed by atoms with Crippen molar-refractivity contribution in [1.29, 1.82) is 0 Å². The quantitative estimate of drug-likeness (QED) is 0.539. The van der Waals surface area contributed by atoms with E-state index in [1.807, 2.05) is 0 Å². The van der Waals surface area contributed by atoms with E-state index >= 15 is 0 Å². The average molecular weight is 458 g/mol. The molecule has 0 bridgehead atoms. The Morgan fingerprint density at radius 1 is 1.17 bits per heavy atom. The van der Waals surface area contributed by atoms with Crippen molar-refractivity contribution in [3.8, 4) is 0 Å². The molecule has 1 heterocycles. The Kier molecular flexibility index (Phi) is 6.04. The number of para-hydroxylation sites is 1. The lowest BCUT2D eigenvalue weighted by atomic mass is 10.2. The van der Waals surface area contributed by atoms with Crippen LogP contribution in [-0.4, -0.2) is 26.1 Å². The minimum Gasteiger partial charge on any atom is -0.467 e. The molecule has 0 saturated carbocycles. The summed E-state index contributed by atoms with van der Waals surface area (Å²) in [6, 6.07) is 9.25. The van der Waals surface area contributed by atoms with Gasteiger partial charge in [-0.3, -0.25) is 0 Å². The number of sulfonamides is 1. The molecule has 1 unspecified atom stereocenters. The van der Waals surface area contributed by atoms with Gasteiger partial charge in [0.05, 0.1) is 27.8 Å². The van der Waals surface area contributed by atoms with E-state index in [4.69, 9.17) is 4.74 Å². The fourth-order valence-corrected chi connectivity index (χ4v) is 5.18. The summed E-state index contributed by atoms with van der Waals surface area (Å²) in [5.41, 5.74) is -0.365. The van der Waals surface area contributed by atoms with Gasteiger partial charge in [-0.2, -0.15) is 21.6 Å². The molecule has 0 spiro atoms. The molecular weight excluding hydrogens is 441 g/mol. The number of rotatable bonds is 5. The molecule has 3 aromatic rings. The van der Waals surface area contributed by atoms with Crippen LogP contribution >= 0.6 is 11.3 Å². The third-order valence-corrected chi connectivity index (χ3v) is 6.81. The third-order valence-electron chi connectivity index (χ3n) is 4.38. The summed E-state index contributed by atoms with van der Waals surface area (Å²) in [5.74, 6) is -0.561. The van der Waals surface area contributed by atoms with Crippen LogP contribution in [0.15, 0.2) is 57.8 Å². The number of alkyl halides is 3. The summed E-state index contributed by atoms with van der Waals surface area (Å²) in [7, 11) is -3.09. The molecule has 0 radical (unpaired) electrons. The molecule has 0 aliphatic rings. The lowest BCUT2D eigenvalue weighted by molar-refractivity contribution is -0.144. The van der Waals surface area contributed by atoms with Crippen LogP contribution in [0.2, 0.25) is 0 Å². The van der Waals surface area contributed by atoms with Gasteiger partial charge in [0.25, 0.3) is 10.0 Å². The number of thiazole rings is 1.